The van der Waals surface area contributed by atoms with E-state index >= 15 is 0 Å². The van der Waals surface area contributed by atoms with Crippen LogP contribution < -0.4 is 0 Å². The molecule has 0 aliphatic rings. The largest absolute Gasteiger partial charge is 0.478 e. The third-order valence-corrected chi connectivity index (χ3v) is 3.72. The number of carbonyl (C=O) groups is 1. The van der Waals surface area contributed by atoms with Crippen molar-refractivity contribution in [1.29, 1.82) is 0 Å². The number of nitrogens with one attached hydrogen (secondary N) is 1. The number of aromatic nitrogens is 2. The van der Waals surface area contributed by atoms with Crippen molar-refractivity contribution in [3.05, 3.63) is 51.5 Å². The molecule has 0 unspecified atom stereocenters. The van der Waals surface area contributed by atoms with Crippen molar-refractivity contribution < 1.29 is 9.90 Å². The summed E-state index contributed by atoms with van der Waals surface area (Å²) < 4.78 is 0.885. The predicted molar refractivity (Wildman–Crippen MR) is 81.2 cm³/mol. The molecule has 0 saturated heterocycles. The topological polar surface area (TPSA) is 66.0 Å². The summed E-state index contributed by atoms with van der Waals surface area (Å²) in [6.07, 6.45) is 0. The molecule has 6 heteroatoms. The molecule has 0 radical (unpaired) electrons. The molecule has 0 fully saturated rings. The zero-order chi connectivity index (χ0) is 14.3. The molecule has 3 aromatic rings. The second-order valence-electron chi connectivity index (χ2n) is 4.25. The summed E-state index contributed by atoms with van der Waals surface area (Å²) in [4.78, 5) is 18.5. The zero-order valence-corrected chi connectivity index (χ0v) is 12.4. The summed E-state index contributed by atoms with van der Waals surface area (Å²) in [5, 5.41) is 9.55. The fourth-order valence-electron chi connectivity index (χ4n) is 1.95. The summed E-state index contributed by atoms with van der Waals surface area (Å²) in [6.45, 7) is 0. The average Bonchev–Trinajstić information content (AvgIpc) is 2.80. The minimum atomic E-state index is -0.968. The Labute approximate surface area is 127 Å². The number of halogens is 2. The third kappa shape index (κ3) is 2.30. The van der Waals surface area contributed by atoms with Gasteiger partial charge in [-0.15, -0.1) is 0 Å². The van der Waals surface area contributed by atoms with Gasteiger partial charge in [0.15, 0.2) is 0 Å². The first-order valence-electron chi connectivity index (χ1n) is 5.73. The van der Waals surface area contributed by atoms with E-state index < -0.39 is 5.97 Å². The summed E-state index contributed by atoms with van der Waals surface area (Å²) in [7, 11) is 0. The quantitative estimate of drug-likeness (QED) is 0.721. The monoisotopic (exact) mass is 350 g/mol. The Balaban J connectivity index is 2.15. The Morgan fingerprint density at radius 1 is 1.25 bits per heavy atom. The first-order valence-corrected chi connectivity index (χ1v) is 6.90. The van der Waals surface area contributed by atoms with E-state index in [0.29, 0.717) is 21.9 Å². The number of aromatic carboxylic acids is 1. The normalized spacial score (nSPS) is 10.9. The van der Waals surface area contributed by atoms with E-state index in [1.807, 2.05) is 12.1 Å². The fraction of sp³-hybridized carbons (Fsp3) is 0. The number of benzene rings is 2. The second-order valence-corrected chi connectivity index (χ2v) is 5.57. The maximum atomic E-state index is 11.0. The SMILES string of the molecule is O=C(O)c1ccc2nc(-c3ccc(Br)cc3Cl)[nH]c2c1. The number of H-pyrrole nitrogens is 1. The Kier molecular flexibility index (Phi) is 3.23. The van der Waals surface area contributed by atoms with Crippen LogP contribution in [0.1, 0.15) is 10.4 Å². The van der Waals surface area contributed by atoms with E-state index in [-0.39, 0.29) is 5.56 Å². The minimum absolute atomic E-state index is 0.217. The standard InChI is InChI=1S/C14H8BrClN2O2/c15-8-2-3-9(10(16)6-8)13-17-11-4-1-7(14(19)20)5-12(11)18-13/h1-6H,(H,17,18)(H,19,20). The number of aromatic amines is 1. The van der Waals surface area contributed by atoms with Crippen LogP contribution in [0.15, 0.2) is 40.9 Å². The lowest BCUT2D eigenvalue weighted by Gasteiger charge is -2.00. The molecule has 0 spiro atoms. The van der Waals surface area contributed by atoms with Gasteiger partial charge in [-0.05, 0) is 36.4 Å². The molecule has 100 valence electrons. The summed E-state index contributed by atoms with van der Waals surface area (Å²) in [6, 6.07) is 10.3. The molecule has 2 N–H and O–H groups in total. The van der Waals surface area contributed by atoms with Crippen molar-refractivity contribution in [2.75, 3.05) is 0 Å². The average molecular weight is 352 g/mol. The molecule has 0 aliphatic heterocycles. The highest BCUT2D eigenvalue weighted by atomic mass is 79.9. The van der Waals surface area contributed by atoms with Crippen LogP contribution in [0.3, 0.4) is 0 Å². The van der Waals surface area contributed by atoms with Crippen molar-refractivity contribution in [2.45, 2.75) is 0 Å². The van der Waals surface area contributed by atoms with Crippen molar-refractivity contribution in [3.63, 3.8) is 0 Å². The lowest BCUT2D eigenvalue weighted by atomic mass is 10.2. The number of nitrogens with zero attached hydrogens (tertiary/aromatic N) is 1. The Morgan fingerprint density at radius 3 is 2.75 bits per heavy atom. The summed E-state index contributed by atoms with van der Waals surface area (Å²) >= 11 is 9.54. The molecule has 0 saturated carbocycles. The highest BCUT2D eigenvalue weighted by molar-refractivity contribution is 9.10. The van der Waals surface area contributed by atoms with Crippen molar-refractivity contribution >= 4 is 44.5 Å². The molecule has 0 aliphatic carbocycles. The van der Waals surface area contributed by atoms with Gasteiger partial charge in [0.05, 0.1) is 21.6 Å². The van der Waals surface area contributed by atoms with Gasteiger partial charge in [-0.2, -0.15) is 0 Å². The Bertz CT molecular complexity index is 829. The van der Waals surface area contributed by atoms with Gasteiger partial charge in [-0.3, -0.25) is 0 Å². The smallest absolute Gasteiger partial charge is 0.335 e. The summed E-state index contributed by atoms with van der Waals surface area (Å²) in [5.74, 6) is -0.357. The maximum absolute atomic E-state index is 11.0. The number of hydrogen-bond donors (Lipinski definition) is 2. The van der Waals surface area contributed by atoms with Crippen molar-refractivity contribution in [2.24, 2.45) is 0 Å². The number of imidazole rings is 1. The minimum Gasteiger partial charge on any atom is -0.478 e. The van der Waals surface area contributed by atoms with E-state index in [1.54, 1.807) is 18.2 Å². The lowest BCUT2D eigenvalue weighted by molar-refractivity contribution is 0.0697. The number of fused-ring (bicyclic) bond motifs is 1. The van der Waals surface area contributed by atoms with Gasteiger partial charge in [-0.1, -0.05) is 27.5 Å². The second kappa shape index (κ2) is 4.92. The van der Waals surface area contributed by atoms with Gasteiger partial charge >= 0.3 is 5.97 Å². The molecule has 1 aromatic heterocycles. The van der Waals surface area contributed by atoms with E-state index in [0.717, 1.165) is 10.0 Å². The van der Waals surface area contributed by atoms with E-state index in [4.69, 9.17) is 16.7 Å². The molecule has 2 aromatic carbocycles. The zero-order valence-electron chi connectivity index (χ0n) is 10.0. The van der Waals surface area contributed by atoms with E-state index in [9.17, 15) is 4.79 Å². The molecular weight excluding hydrogens is 344 g/mol. The maximum Gasteiger partial charge on any atom is 0.335 e. The fourth-order valence-corrected chi connectivity index (χ4v) is 2.71. The van der Waals surface area contributed by atoms with Gasteiger partial charge in [-0.25, -0.2) is 9.78 Å². The molecule has 3 rings (SSSR count). The van der Waals surface area contributed by atoms with Crippen LogP contribution in [0.4, 0.5) is 0 Å². The molecule has 1 heterocycles. The van der Waals surface area contributed by atoms with Gasteiger partial charge in [0.1, 0.15) is 5.82 Å². The van der Waals surface area contributed by atoms with Crippen LogP contribution in [-0.4, -0.2) is 21.0 Å². The Morgan fingerprint density at radius 2 is 2.05 bits per heavy atom. The number of carboxylic acid groups (broad SMARTS) is 1. The van der Waals surface area contributed by atoms with Gasteiger partial charge in [0.25, 0.3) is 0 Å². The first kappa shape index (κ1) is 13.1. The van der Waals surface area contributed by atoms with Crippen LogP contribution >= 0.6 is 27.5 Å². The van der Waals surface area contributed by atoms with E-state index in [2.05, 4.69) is 25.9 Å². The molecule has 4 nitrogen and oxygen atoms in total. The van der Waals surface area contributed by atoms with Gasteiger partial charge in [0, 0.05) is 10.0 Å². The summed E-state index contributed by atoms with van der Waals surface area (Å²) in [5.41, 5.74) is 2.35. The number of hydrogen-bond acceptors (Lipinski definition) is 2. The van der Waals surface area contributed by atoms with Crippen LogP contribution in [0.5, 0.6) is 0 Å². The van der Waals surface area contributed by atoms with E-state index in [1.165, 1.54) is 6.07 Å². The molecule has 0 atom stereocenters. The van der Waals surface area contributed by atoms with Crippen LogP contribution in [0, 0.1) is 0 Å². The first-order chi connectivity index (χ1) is 9.54. The Hall–Kier alpha value is -1.85. The van der Waals surface area contributed by atoms with Crippen molar-refractivity contribution in [3.8, 4) is 11.4 Å². The van der Waals surface area contributed by atoms with Crippen LogP contribution in [0.2, 0.25) is 5.02 Å². The van der Waals surface area contributed by atoms with Gasteiger partial charge in [0.2, 0.25) is 0 Å². The van der Waals surface area contributed by atoms with Crippen LogP contribution in [0.25, 0.3) is 22.4 Å². The number of rotatable bonds is 2. The highest BCUT2D eigenvalue weighted by Crippen LogP contribution is 2.30. The van der Waals surface area contributed by atoms with Crippen LogP contribution in [-0.2, 0) is 0 Å². The third-order valence-electron chi connectivity index (χ3n) is 2.92. The molecular formula is C14H8BrClN2O2. The molecule has 20 heavy (non-hydrogen) atoms. The number of carboxylic acids is 1. The van der Waals surface area contributed by atoms with Gasteiger partial charge < -0.3 is 10.1 Å². The predicted octanol–water partition coefficient (Wildman–Crippen LogP) is 4.34. The molecule has 0 amide bonds. The lowest BCUT2D eigenvalue weighted by Crippen LogP contribution is -1.94. The highest BCUT2D eigenvalue weighted by Gasteiger charge is 2.11. The van der Waals surface area contributed by atoms with Crippen molar-refractivity contribution in [1.82, 2.24) is 9.97 Å². The molecule has 0 bridgehead atoms.